The van der Waals surface area contributed by atoms with Crippen LogP contribution in [0.25, 0.3) is 0 Å². The highest BCUT2D eigenvalue weighted by molar-refractivity contribution is 7.11. The third kappa shape index (κ3) is 2.83. The second-order valence-corrected chi connectivity index (χ2v) is 5.85. The summed E-state index contributed by atoms with van der Waals surface area (Å²) in [5.41, 5.74) is 0. The number of hydrogen-bond donors (Lipinski definition) is 1. The standard InChI is InChI=1S/C13H22N2S/c1-3-8-14-10(2)12-9-15-13(16-12)11-6-4-5-7-11/h9-11,14H,3-8H2,1-2H3. The molecule has 2 rings (SSSR count). The van der Waals surface area contributed by atoms with Crippen molar-refractivity contribution in [3.05, 3.63) is 16.1 Å². The van der Waals surface area contributed by atoms with Gasteiger partial charge >= 0.3 is 0 Å². The van der Waals surface area contributed by atoms with Crippen molar-refractivity contribution in [3.8, 4) is 0 Å². The van der Waals surface area contributed by atoms with Gasteiger partial charge in [-0.15, -0.1) is 11.3 Å². The third-order valence-electron chi connectivity index (χ3n) is 3.37. The van der Waals surface area contributed by atoms with Gasteiger partial charge in [0.25, 0.3) is 0 Å². The fraction of sp³-hybridized carbons (Fsp3) is 0.769. The van der Waals surface area contributed by atoms with E-state index in [1.54, 1.807) is 0 Å². The van der Waals surface area contributed by atoms with Gasteiger partial charge in [-0.25, -0.2) is 4.98 Å². The van der Waals surface area contributed by atoms with Crippen molar-refractivity contribution in [2.75, 3.05) is 6.54 Å². The van der Waals surface area contributed by atoms with E-state index in [1.807, 2.05) is 11.3 Å². The fourth-order valence-corrected chi connectivity index (χ4v) is 3.44. The van der Waals surface area contributed by atoms with Crippen molar-refractivity contribution in [2.45, 2.75) is 57.9 Å². The molecule has 1 fully saturated rings. The summed E-state index contributed by atoms with van der Waals surface area (Å²) >= 11 is 1.92. The van der Waals surface area contributed by atoms with Crippen LogP contribution in [0.3, 0.4) is 0 Å². The summed E-state index contributed by atoms with van der Waals surface area (Å²) in [7, 11) is 0. The maximum Gasteiger partial charge on any atom is 0.0959 e. The molecule has 0 amide bonds. The van der Waals surface area contributed by atoms with Gasteiger partial charge in [-0.05, 0) is 32.7 Å². The van der Waals surface area contributed by atoms with Gasteiger partial charge in [0.15, 0.2) is 0 Å². The highest BCUT2D eigenvalue weighted by Crippen LogP contribution is 2.37. The molecule has 0 aromatic carbocycles. The minimum Gasteiger partial charge on any atom is -0.309 e. The van der Waals surface area contributed by atoms with Crippen molar-refractivity contribution in [3.63, 3.8) is 0 Å². The molecule has 1 atom stereocenters. The van der Waals surface area contributed by atoms with E-state index in [0.717, 1.165) is 12.5 Å². The van der Waals surface area contributed by atoms with Crippen molar-refractivity contribution >= 4 is 11.3 Å². The summed E-state index contributed by atoms with van der Waals surface area (Å²) in [5.74, 6) is 0.761. The van der Waals surface area contributed by atoms with Gasteiger partial charge in [-0.2, -0.15) is 0 Å². The lowest BCUT2D eigenvalue weighted by Crippen LogP contribution is -2.18. The summed E-state index contributed by atoms with van der Waals surface area (Å²) in [6, 6.07) is 0.465. The molecule has 1 aromatic heterocycles. The van der Waals surface area contributed by atoms with Crippen molar-refractivity contribution < 1.29 is 0 Å². The summed E-state index contributed by atoms with van der Waals surface area (Å²) in [6.45, 7) is 5.54. The predicted molar refractivity (Wildman–Crippen MR) is 70.0 cm³/mol. The van der Waals surface area contributed by atoms with Crippen LogP contribution in [0.4, 0.5) is 0 Å². The molecule has 1 aromatic rings. The predicted octanol–water partition coefficient (Wildman–Crippen LogP) is 3.86. The maximum absolute atomic E-state index is 4.61. The zero-order valence-electron chi connectivity index (χ0n) is 10.3. The first kappa shape index (κ1) is 12.1. The first-order chi connectivity index (χ1) is 7.81. The number of nitrogens with zero attached hydrogens (tertiary/aromatic N) is 1. The van der Waals surface area contributed by atoms with E-state index in [1.165, 1.54) is 42.0 Å². The van der Waals surface area contributed by atoms with Crippen LogP contribution in [0.5, 0.6) is 0 Å². The monoisotopic (exact) mass is 238 g/mol. The molecule has 0 bridgehead atoms. The summed E-state index contributed by atoms with van der Waals surface area (Å²) in [5, 5.41) is 4.90. The Bertz CT molecular complexity index is 315. The molecule has 0 saturated heterocycles. The molecule has 0 spiro atoms. The van der Waals surface area contributed by atoms with E-state index < -0.39 is 0 Å². The Morgan fingerprint density at radius 2 is 2.25 bits per heavy atom. The molecule has 1 aliphatic carbocycles. The number of thiazole rings is 1. The maximum atomic E-state index is 4.61. The average molecular weight is 238 g/mol. The number of nitrogens with one attached hydrogen (secondary N) is 1. The highest BCUT2D eigenvalue weighted by atomic mass is 32.1. The Labute approximate surface area is 102 Å². The van der Waals surface area contributed by atoms with Crippen LogP contribution >= 0.6 is 11.3 Å². The largest absolute Gasteiger partial charge is 0.309 e. The number of rotatable bonds is 5. The topological polar surface area (TPSA) is 24.9 Å². The molecule has 16 heavy (non-hydrogen) atoms. The molecule has 1 aliphatic rings. The first-order valence-corrected chi connectivity index (χ1v) is 7.32. The van der Waals surface area contributed by atoms with Crippen molar-refractivity contribution in [1.29, 1.82) is 0 Å². The SMILES string of the molecule is CCCNC(C)c1cnc(C2CCCC2)s1. The summed E-state index contributed by atoms with van der Waals surface area (Å²) in [6.07, 6.45) is 8.75. The van der Waals surface area contributed by atoms with Crippen LogP contribution < -0.4 is 5.32 Å². The molecule has 1 unspecified atom stereocenters. The lowest BCUT2D eigenvalue weighted by atomic mass is 10.1. The number of hydrogen-bond acceptors (Lipinski definition) is 3. The summed E-state index contributed by atoms with van der Waals surface area (Å²) in [4.78, 5) is 6.00. The molecule has 1 N–H and O–H groups in total. The van der Waals surface area contributed by atoms with E-state index in [4.69, 9.17) is 0 Å². The zero-order chi connectivity index (χ0) is 11.4. The van der Waals surface area contributed by atoms with Crippen molar-refractivity contribution in [1.82, 2.24) is 10.3 Å². The Hall–Kier alpha value is -0.410. The van der Waals surface area contributed by atoms with Gasteiger partial charge in [-0.3, -0.25) is 0 Å². The normalized spacial score (nSPS) is 19.1. The van der Waals surface area contributed by atoms with Crippen LogP contribution in [0.1, 0.15) is 67.8 Å². The molecule has 3 heteroatoms. The smallest absolute Gasteiger partial charge is 0.0959 e. The van der Waals surface area contributed by atoms with Crippen LogP contribution in [0.2, 0.25) is 0 Å². The lowest BCUT2D eigenvalue weighted by molar-refractivity contribution is 0.577. The van der Waals surface area contributed by atoms with E-state index in [9.17, 15) is 0 Å². The first-order valence-electron chi connectivity index (χ1n) is 6.50. The zero-order valence-corrected chi connectivity index (χ0v) is 11.1. The molecule has 0 radical (unpaired) electrons. The van der Waals surface area contributed by atoms with Gasteiger partial charge in [0.05, 0.1) is 5.01 Å². The highest BCUT2D eigenvalue weighted by Gasteiger charge is 2.21. The molecule has 90 valence electrons. The van der Waals surface area contributed by atoms with Gasteiger partial charge in [0.2, 0.25) is 0 Å². The Morgan fingerprint density at radius 1 is 1.50 bits per heavy atom. The molecular weight excluding hydrogens is 216 g/mol. The lowest BCUT2D eigenvalue weighted by Gasteiger charge is -2.10. The van der Waals surface area contributed by atoms with E-state index in [-0.39, 0.29) is 0 Å². The Kier molecular flexibility index (Phi) is 4.36. The Balaban J connectivity index is 1.95. The third-order valence-corrected chi connectivity index (χ3v) is 4.72. The molecule has 0 aliphatic heterocycles. The molecule has 2 nitrogen and oxygen atoms in total. The minimum atomic E-state index is 0.465. The van der Waals surface area contributed by atoms with Crippen LogP contribution in [-0.2, 0) is 0 Å². The van der Waals surface area contributed by atoms with Crippen LogP contribution in [0.15, 0.2) is 6.20 Å². The van der Waals surface area contributed by atoms with Gasteiger partial charge < -0.3 is 5.32 Å². The van der Waals surface area contributed by atoms with Crippen molar-refractivity contribution in [2.24, 2.45) is 0 Å². The average Bonchev–Trinajstić information content (AvgIpc) is 2.94. The van der Waals surface area contributed by atoms with Gasteiger partial charge in [0, 0.05) is 23.0 Å². The van der Waals surface area contributed by atoms with Crippen LogP contribution in [0, 0.1) is 0 Å². The second kappa shape index (κ2) is 5.78. The van der Waals surface area contributed by atoms with Gasteiger partial charge in [0.1, 0.15) is 0 Å². The molecule has 1 heterocycles. The second-order valence-electron chi connectivity index (χ2n) is 4.76. The van der Waals surface area contributed by atoms with E-state index in [2.05, 4.69) is 30.3 Å². The number of aromatic nitrogens is 1. The quantitative estimate of drug-likeness (QED) is 0.842. The summed E-state index contributed by atoms with van der Waals surface area (Å²) < 4.78 is 0. The Morgan fingerprint density at radius 3 is 2.94 bits per heavy atom. The van der Waals surface area contributed by atoms with E-state index in [0.29, 0.717) is 6.04 Å². The van der Waals surface area contributed by atoms with E-state index >= 15 is 0 Å². The molecule has 1 saturated carbocycles. The van der Waals surface area contributed by atoms with Crippen LogP contribution in [-0.4, -0.2) is 11.5 Å². The van der Waals surface area contributed by atoms with Gasteiger partial charge in [-0.1, -0.05) is 19.8 Å². The fourth-order valence-electron chi connectivity index (χ4n) is 2.32. The molecular formula is C13H22N2S. The minimum absolute atomic E-state index is 0.465.